The van der Waals surface area contributed by atoms with Gasteiger partial charge in [0, 0.05) is 24.7 Å². The van der Waals surface area contributed by atoms with E-state index in [-0.39, 0.29) is 23.8 Å². The monoisotopic (exact) mass is 398 g/mol. The zero-order chi connectivity index (χ0) is 20.4. The van der Waals surface area contributed by atoms with Gasteiger partial charge in [0.15, 0.2) is 0 Å². The van der Waals surface area contributed by atoms with Crippen molar-refractivity contribution in [3.05, 3.63) is 30.3 Å². The maximum atomic E-state index is 13.0. The number of hydrogen-bond acceptors (Lipinski definition) is 4. The second kappa shape index (κ2) is 8.14. The number of carbonyl (C=O) groups excluding carboxylic acids is 3. The molecule has 1 aromatic rings. The van der Waals surface area contributed by atoms with Crippen LogP contribution in [-0.2, 0) is 9.59 Å². The quantitative estimate of drug-likeness (QED) is 0.764. The van der Waals surface area contributed by atoms with Gasteiger partial charge in [-0.15, -0.1) is 0 Å². The number of likely N-dealkylation sites (tertiary alicyclic amines) is 1. The summed E-state index contributed by atoms with van der Waals surface area (Å²) in [6.45, 7) is 3.92. The number of piperidine rings is 1. The molecule has 2 aliphatic heterocycles. The van der Waals surface area contributed by atoms with Gasteiger partial charge in [0.1, 0.15) is 5.54 Å². The van der Waals surface area contributed by atoms with Crippen LogP contribution < -0.4 is 10.6 Å². The van der Waals surface area contributed by atoms with E-state index >= 15 is 0 Å². The average molecular weight is 399 g/mol. The normalized spacial score (nSPS) is 28.6. The van der Waals surface area contributed by atoms with Gasteiger partial charge in [-0.05, 0) is 56.6 Å². The highest BCUT2D eigenvalue weighted by atomic mass is 16.2. The van der Waals surface area contributed by atoms with E-state index in [0.717, 1.165) is 44.2 Å². The zero-order valence-corrected chi connectivity index (χ0v) is 17.0. The SMILES string of the molecule is CC1CCC2(CC1)NC(=O)N(CN1CCC(C(=O)Nc3ccccc3)CC1)C2=O. The van der Waals surface area contributed by atoms with Crippen molar-refractivity contribution in [2.45, 2.75) is 51.0 Å². The largest absolute Gasteiger partial charge is 0.326 e. The first-order valence-electron chi connectivity index (χ1n) is 10.7. The molecule has 1 aromatic carbocycles. The molecule has 0 unspecified atom stereocenters. The van der Waals surface area contributed by atoms with Crippen LogP contribution in [0, 0.1) is 11.8 Å². The van der Waals surface area contributed by atoms with E-state index in [9.17, 15) is 14.4 Å². The number of amides is 4. The second-order valence-corrected chi connectivity index (χ2v) is 8.82. The predicted octanol–water partition coefficient (Wildman–Crippen LogP) is 2.80. The Balaban J connectivity index is 1.29. The van der Waals surface area contributed by atoms with Gasteiger partial charge >= 0.3 is 6.03 Å². The molecular weight excluding hydrogens is 368 g/mol. The van der Waals surface area contributed by atoms with Crippen LogP contribution in [0.3, 0.4) is 0 Å². The lowest BCUT2D eigenvalue weighted by molar-refractivity contribution is -0.134. The van der Waals surface area contributed by atoms with E-state index < -0.39 is 5.54 Å². The lowest BCUT2D eigenvalue weighted by Gasteiger charge is -2.35. The van der Waals surface area contributed by atoms with Crippen molar-refractivity contribution < 1.29 is 14.4 Å². The Kier molecular flexibility index (Phi) is 5.58. The van der Waals surface area contributed by atoms with Crippen LogP contribution in [0.25, 0.3) is 0 Å². The van der Waals surface area contributed by atoms with E-state index in [4.69, 9.17) is 0 Å². The van der Waals surface area contributed by atoms with Crippen LogP contribution in [0.5, 0.6) is 0 Å². The van der Waals surface area contributed by atoms with Crippen molar-refractivity contribution in [1.82, 2.24) is 15.1 Å². The summed E-state index contributed by atoms with van der Waals surface area (Å²) in [4.78, 5) is 41.5. The molecule has 156 valence electrons. The predicted molar refractivity (Wildman–Crippen MR) is 110 cm³/mol. The Labute approximate surface area is 171 Å². The van der Waals surface area contributed by atoms with Crippen LogP contribution in [-0.4, -0.2) is 52.9 Å². The van der Waals surface area contributed by atoms with Crippen LogP contribution in [0.1, 0.15) is 45.4 Å². The fourth-order valence-electron chi connectivity index (χ4n) is 4.70. The molecule has 3 aliphatic rings. The summed E-state index contributed by atoms with van der Waals surface area (Å²) in [6, 6.07) is 9.21. The molecule has 1 saturated carbocycles. The fraction of sp³-hybridized carbons (Fsp3) is 0.591. The molecule has 3 fully saturated rings. The highest BCUT2D eigenvalue weighted by Crippen LogP contribution is 2.36. The van der Waals surface area contributed by atoms with Gasteiger partial charge < -0.3 is 10.6 Å². The van der Waals surface area contributed by atoms with Crippen molar-refractivity contribution in [3.63, 3.8) is 0 Å². The smallest absolute Gasteiger partial charge is 0.326 e. The van der Waals surface area contributed by atoms with Gasteiger partial charge in [-0.25, -0.2) is 9.69 Å². The molecule has 0 radical (unpaired) electrons. The molecule has 0 aromatic heterocycles. The van der Waals surface area contributed by atoms with E-state index in [1.165, 1.54) is 4.90 Å². The zero-order valence-electron chi connectivity index (χ0n) is 17.0. The molecule has 2 N–H and O–H groups in total. The Morgan fingerprint density at radius 2 is 1.76 bits per heavy atom. The molecule has 2 saturated heterocycles. The molecule has 7 nitrogen and oxygen atoms in total. The van der Waals surface area contributed by atoms with Crippen molar-refractivity contribution >= 4 is 23.5 Å². The maximum Gasteiger partial charge on any atom is 0.326 e. The maximum absolute atomic E-state index is 13.0. The number of anilines is 1. The van der Waals surface area contributed by atoms with Gasteiger partial charge in [0.05, 0.1) is 6.67 Å². The summed E-state index contributed by atoms with van der Waals surface area (Å²) in [5.41, 5.74) is 0.128. The van der Waals surface area contributed by atoms with Crippen LogP contribution in [0.4, 0.5) is 10.5 Å². The molecular formula is C22H30N4O3. The van der Waals surface area contributed by atoms with Gasteiger partial charge in [0.25, 0.3) is 5.91 Å². The topological polar surface area (TPSA) is 81.8 Å². The second-order valence-electron chi connectivity index (χ2n) is 8.82. The first-order chi connectivity index (χ1) is 14.0. The molecule has 4 rings (SSSR count). The standard InChI is InChI=1S/C22H30N4O3/c1-16-7-11-22(12-8-16)20(28)26(21(29)24-22)15-25-13-9-17(10-14-25)19(27)23-18-5-3-2-4-6-18/h2-6,16-17H,7-15H2,1H3,(H,23,27)(H,24,29). The number of rotatable bonds is 4. The molecule has 1 spiro atoms. The van der Waals surface area contributed by atoms with Crippen molar-refractivity contribution in [1.29, 1.82) is 0 Å². The Bertz CT molecular complexity index is 766. The van der Waals surface area contributed by atoms with Crippen LogP contribution >= 0.6 is 0 Å². The minimum Gasteiger partial charge on any atom is -0.326 e. The van der Waals surface area contributed by atoms with Gasteiger partial charge in [-0.3, -0.25) is 14.5 Å². The molecule has 7 heteroatoms. The molecule has 29 heavy (non-hydrogen) atoms. The number of benzene rings is 1. The summed E-state index contributed by atoms with van der Waals surface area (Å²) in [6.07, 6.45) is 4.87. The molecule has 4 amide bonds. The summed E-state index contributed by atoms with van der Waals surface area (Å²) in [5.74, 6) is 0.542. The third-order valence-corrected chi connectivity index (χ3v) is 6.71. The minimum atomic E-state index is -0.683. The molecule has 2 heterocycles. The highest BCUT2D eigenvalue weighted by molar-refractivity contribution is 6.07. The lowest BCUT2D eigenvalue weighted by Crippen LogP contribution is -2.50. The number of carbonyl (C=O) groups is 3. The summed E-state index contributed by atoms with van der Waals surface area (Å²) in [5, 5.41) is 5.95. The fourth-order valence-corrected chi connectivity index (χ4v) is 4.70. The Hall–Kier alpha value is -2.41. The van der Waals surface area contributed by atoms with Crippen LogP contribution in [0.2, 0.25) is 0 Å². The molecule has 0 bridgehead atoms. The minimum absolute atomic E-state index is 0.0410. The first-order valence-corrected chi connectivity index (χ1v) is 10.7. The van der Waals surface area contributed by atoms with Gasteiger partial charge in [0.2, 0.25) is 5.91 Å². The Morgan fingerprint density at radius 3 is 2.41 bits per heavy atom. The first kappa shape index (κ1) is 19.9. The summed E-state index contributed by atoms with van der Waals surface area (Å²) in [7, 11) is 0. The molecule has 1 aliphatic carbocycles. The van der Waals surface area contributed by atoms with E-state index in [0.29, 0.717) is 25.7 Å². The number of urea groups is 1. The van der Waals surface area contributed by atoms with Crippen molar-refractivity contribution in [2.24, 2.45) is 11.8 Å². The van der Waals surface area contributed by atoms with Crippen LogP contribution in [0.15, 0.2) is 30.3 Å². The number of hydrogen-bond donors (Lipinski definition) is 2. The van der Waals surface area contributed by atoms with E-state index in [2.05, 4.69) is 22.5 Å². The summed E-state index contributed by atoms with van der Waals surface area (Å²) >= 11 is 0. The van der Waals surface area contributed by atoms with Crippen molar-refractivity contribution in [2.75, 3.05) is 25.1 Å². The lowest BCUT2D eigenvalue weighted by atomic mass is 9.77. The number of para-hydroxylation sites is 1. The average Bonchev–Trinajstić information content (AvgIpc) is 2.96. The number of nitrogens with zero attached hydrogens (tertiary/aromatic N) is 2. The third kappa shape index (κ3) is 4.15. The Morgan fingerprint density at radius 1 is 1.10 bits per heavy atom. The van der Waals surface area contributed by atoms with Gasteiger partial charge in [-0.2, -0.15) is 0 Å². The number of imide groups is 1. The number of nitrogens with one attached hydrogen (secondary N) is 2. The van der Waals surface area contributed by atoms with Crippen molar-refractivity contribution in [3.8, 4) is 0 Å². The molecule has 0 atom stereocenters. The third-order valence-electron chi connectivity index (χ3n) is 6.71. The van der Waals surface area contributed by atoms with E-state index in [1.807, 2.05) is 30.3 Å². The summed E-state index contributed by atoms with van der Waals surface area (Å²) < 4.78 is 0. The van der Waals surface area contributed by atoms with E-state index in [1.54, 1.807) is 0 Å². The van der Waals surface area contributed by atoms with Gasteiger partial charge in [-0.1, -0.05) is 25.1 Å². The highest BCUT2D eigenvalue weighted by Gasteiger charge is 2.52.